The summed E-state index contributed by atoms with van der Waals surface area (Å²) in [6.45, 7) is 8.11. The number of ether oxygens (including phenoxy) is 2. The molecule has 0 N–H and O–H groups in total. The van der Waals surface area contributed by atoms with Crippen molar-refractivity contribution in [2.45, 2.75) is 45.8 Å². The van der Waals surface area contributed by atoms with Crippen LogP contribution < -0.4 is 9.80 Å². The average molecular weight is 393 g/mol. The number of aromatic nitrogens is 2. The summed E-state index contributed by atoms with van der Waals surface area (Å²) in [6, 6.07) is 0. The molecule has 0 aliphatic carbocycles. The minimum Gasteiger partial charge on any atom is -0.466 e. The van der Waals surface area contributed by atoms with E-state index in [0.717, 1.165) is 0 Å². The molecule has 1 aromatic heterocycles. The van der Waals surface area contributed by atoms with Crippen molar-refractivity contribution in [2.24, 2.45) is 5.92 Å². The number of piperidine rings is 1. The number of hydrogen-bond donors (Lipinski definition) is 0. The van der Waals surface area contributed by atoms with Crippen molar-refractivity contribution < 1.29 is 19.2 Å². The van der Waals surface area contributed by atoms with E-state index < -0.39 is 4.92 Å². The van der Waals surface area contributed by atoms with Gasteiger partial charge in [-0.2, -0.15) is 0 Å². The van der Waals surface area contributed by atoms with E-state index in [1.807, 2.05) is 23.6 Å². The maximum atomic E-state index is 11.9. The summed E-state index contributed by atoms with van der Waals surface area (Å²) >= 11 is 0. The van der Waals surface area contributed by atoms with Crippen LogP contribution in [0.4, 0.5) is 17.3 Å². The van der Waals surface area contributed by atoms with Gasteiger partial charge in [0.15, 0.2) is 0 Å². The lowest BCUT2D eigenvalue weighted by atomic mass is 9.97. The summed E-state index contributed by atoms with van der Waals surface area (Å²) in [4.78, 5) is 35.7. The molecule has 0 bridgehead atoms. The Morgan fingerprint density at radius 1 is 1.21 bits per heavy atom. The zero-order chi connectivity index (χ0) is 20.3. The van der Waals surface area contributed by atoms with E-state index in [0.29, 0.717) is 57.3 Å². The predicted octanol–water partition coefficient (Wildman–Crippen LogP) is 1.78. The fourth-order valence-electron chi connectivity index (χ4n) is 3.92. The SMILES string of the molecule is CCOC(=O)C1CCN(c2ncnc(N3CC(C)OC(C)C3)c2[N+](=O)[O-])CC1. The van der Waals surface area contributed by atoms with E-state index in [9.17, 15) is 14.9 Å². The molecule has 3 rings (SSSR count). The van der Waals surface area contributed by atoms with Gasteiger partial charge in [0, 0.05) is 26.2 Å². The van der Waals surface area contributed by atoms with Gasteiger partial charge in [0.1, 0.15) is 6.33 Å². The topological polar surface area (TPSA) is 111 Å². The van der Waals surface area contributed by atoms with Gasteiger partial charge in [-0.1, -0.05) is 0 Å². The third-order valence-electron chi connectivity index (χ3n) is 5.10. The Hall–Kier alpha value is -2.49. The van der Waals surface area contributed by atoms with Gasteiger partial charge in [0.25, 0.3) is 0 Å². The minimum absolute atomic E-state index is 0.0397. The number of carbonyl (C=O) groups is 1. The first kappa shape index (κ1) is 20.2. The van der Waals surface area contributed by atoms with Crippen LogP contribution in [-0.4, -0.2) is 65.9 Å². The molecule has 0 saturated carbocycles. The summed E-state index contributed by atoms with van der Waals surface area (Å²) < 4.78 is 10.8. The Balaban J connectivity index is 1.83. The van der Waals surface area contributed by atoms with Crippen LogP contribution in [0.25, 0.3) is 0 Å². The third-order valence-corrected chi connectivity index (χ3v) is 5.10. The van der Waals surface area contributed by atoms with E-state index in [1.54, 1.807) is 6.92 Å². The van der Waals surface area contributed by atoms with E-state index >= 15 is 0 Å². The summed E-state index contributed by atoms with van der Waals surface area (Å²) in [5.41, 5.74) is -0.0848. The molecule has 10 nitrogen and oxygen atoms in total. The smallest absolute Gasteiger partial charge is 0.353 e. The Kier molecular flexibility index (Phi) is 6.28. The van der Waals surface area contributed by atoms with Crippen molar-refractivity contribution in [3.05, 3.63) is 16.4 Å². The second kappa shape index (κ2) is 8.68. The van der Waals surface area contributed by atoms with Gasteiger partial charge in [-0.25, -0.2) is 9.97 Å². The number of esters is 1. The Bertz CT molecular complexity index is 712. The second-order valence-electron chi connectivity index (χ2n) is 7.30. The van der Waals surface area contributed by atoms with Crippen molar-refractivity contribution in [3.8, 4) is 0 Å². The van der Waals surface area contributed by atoms with Gasteiger partial charge in [0.2, 0.25) is 11.6 Å². The normalized spacial score (nSPS) is 23.5. The Labute approximate surface area is 164 Å². The third kappa shape index (κ3) is 4.32. The van der Waals surface area contributed by atoms with Crippen LogP contribution >= 0.6 is 0 Å². The maximum absolute atomic E-state index is 11.9. The van der Waals surface area contributed by atoms with Crippen LogP contribution in [0, 0.1) is 16.0 Å². The van der Waals surface area contributed by atoms with Crippen LogP contribution in [0.15, 0.2) is 6.33 Å². The fraction of sp³-hybridized carbons (Fsp3) is 0.722. The maximum Gasteiger partial charge on any atom is 0.353 e. The van der Waals surface area contributed by atoms with E-state index in [4.69, 9.17) is 9.47 Å². The molecular weight excluding hydrogens is 366 g/mol. The van der Waals surface area contributed by atoms with Gasteiger partial charge >= 0.3 is 11.7 Å². The van der Waals surface area contributed by atoms with Gasteiger partial charge in [-0.05, 0) is 33.6 Å². The molecule has 1 aromatic rings. The molecule has 2 fully saturated rings. The van der Waals surface area contributed by atoms with Gasteiger partial charge in [-0.15, -0.1) is 0 Å². The summed E-state index contributed by atoms with van der Waals surface area (Å²) in [5.74, 6) is 0.266. The first-order chi connectivity index (χ1) is 13.4. The molecule has 0 aromatic carbocycles. The Morgan fingerprint density at radius 3 is 2.32 bits per heavy atom. The van der Waals surface area contributed by atoms with Crippen molar-refractivity contribution >= 4 is 23.3 Å². The minimum atomic E-state index is -0.410. The van der Waals surface area contributed by atoms with Gasteiger partial charge in [-0.3, -0.25) is 14.9 Å². The number of hydrogen-bond acceptors (Lipinski definition) is 9. The molecule has 2 aliphatic rings. The number of morpholine rings is 1. The van der Waals surface area contributed by atoms with Crippen LogP contribution in [0.1, 0.15) is 33.6 Å². The summed E-state index contributed by atoms with van der Waals surface area (Å²) in [7, 11) is 0. The second-order valence-corrected chi connectivity index (χ2v) is 7.30. The molecule has 2 saturated heterocycles. The first-order valence-electron chi connectivity index (χ1n) is 9.72. The molecule has 2 atom stereocenters. The highest BCUT2D eigenvalue weighted by Crippen LogP contribution is 2.37. The molecular formula is C18H27N5O5. The lowest BCUT2D eigenvalue weighted by molar-refractivity contribution is -0.383. The molecule has 2 unspecified atom stereocenters. The van der Waals surface area contributed by atoms with Crippen molar-refractivity contribution in [2.75, 3.05) is 42.6 Å². The molecule has 2 aliphatic heterocycles. The average Bonchev–Trinajstić information content (AvgIpc) is 2.67. The number of anilines is 2. The molecule has 0 spiro atoms. The van der Waals surface area contributed by atoms with E-state index in [-0.39, 0.29) is 29.8 Å². The largest absolute Gasteiger partial charge is 0.466 e. The molecule has 10 heteroatoms. The van der Waals surface area contributed by atoms with E-state index in [1.165, 1.54) is 6.33 Å². The number of carbonyl (C=O) groups excluding carboxylic acids is 1. The van der Waals surface area contributed by atoms with Crippen LogP contribution in [0.5, 0.6) is 0 Å². The van der Waals surface area contributed by atoms with Crippen molar-refractivity contribution in [3.63, 3.8) is 0 Å². The molecule has 0 amide bonds. The Morgan fingerprint density at radius 2 is 1.79 bits per heavy atom. The van der Waals surface area contributed by atoms with Crippen LogP contribution in [-0.2, 0) is 14.3 Å². The zero-order valence-electron chi connectivity index (χ0n) is 16.5. The highest BCUT2D eigenvalue weighted by atomic mass is 16.6. The quantitative estimate of drug-likeness (QED) is 0.420. The highest BCUT2D eigenvalue weighted by molar-refractivity contribution is 5.74. The zero-order valence-corrected chi connectivity index (χ0v) is 16.5. The number of rotatable bonds is 5. The molecule has 154 valence electrons. The number of nitrogens with zero attached hydrogens (tertiary/aromatic N) is 5. The number of nitro groups is 1. The van der Waals surface area contributed by atoms with Crippen molar-refractivity contribution in [1.29, 1.82) is 0 Å². The van der Waals surface area contributed by atoms with Gasteiger partial charge in [0.05, 0.1) is 29.7 Å². The van der Waals surface area contributed by atoms with Crippen LogP contribution in [0.3, 0.4) is 0 Å². The molecule has 3 heterocycles. The molecule has 0 radical (unpaired) electrons. The van der Waals surface area contributed by atoms with E-state index in [2.05, 4.69) is 9.97 Å². The summed E-state index contributed by atoms with van der Waals surface area (Å²) in [6.07, 6.45) is 2.46. The highest BCUT2D eigenvalue weighted by Gasteiger charge is 2.35. The lowest BCUT2D eigenvalue weighted by Gasteiger charge is -2.36. The van der Waals surface area contributed by atoms with Crippen LogP contribution in [0.2, 0.25) is 0 Å². The predicted molar refractivity (Wildman–Crippen MR) is 102 cm³/mol. The van der Waals surface area contributed by atoms with Crippen molar-refractivity contribution in [1.82, 2.24) is 9.97 Å². The first-order valence-corrected chi connectivity index (χ1v) is 9.72. The fourth-order valence-corrected chi connectivity index (χ4v) is 3.92. The standard InChI is InChI=1S/C18H27N5O5/c1-4-27-18(24)14-5-7-21(8-6-14)16-15(23(25)26)17(20-11-19-16)22-9-12(2)28-13(3)10-22/h11-14H,4-10H2,1-3H3. The molecule has 28 heavy (non-hydrogen) atoms. The lowest BCUT2D eigenvalue weighted by Crippen LogP contribution is -2.46. The summed E-state index contributed by atoms with van der Waals surface area (Å²) in [5, 5.41) is 11.9. The monoisotopic (exact) mass is 393 g/mol. The van der Waals surface area contributed by atoms with Gasteiger partial charge < -0.3 is 19.3 Å².